The molecule has 7 heteroatoms. The summed E-state index contributed by atoms with van der Waals surface area (Å²) in [5, 5.41) is 0.437. The van der Waals surface area contributed by atoms with Crippen molar-refractivity contribution in [2.24, 2.45) is 0 Å². The molecule has 130 valence electrons. The molecule has 0 aliphatic heterocycles. The van der Waals surface area contributed by atoms with Crippen LogP contribution in [0.5, 0.6) is 0 Å². The van der Waals surface area contributed by atoms with Crippen molar-refractivity contribution in [2.75, 3.05) is 0 Å². The molecule has 4 rings (SSSR count). The van der Waals surface area contributed by atoms with Gasteiger partial charge in [-0.25, -0.2) is 14.2 Å². The fourth-order valence-electron chi connectivity index (χ4n) is 2.83. The highest BCUT2D eigenvalue weighted by Gasteiger charge is 2.19. The number of esters is 1. The summed E-state index contributed by atoms with van der Waals surface area (Å²) in [6.45, 7) is 1.56. The maximum atomic E-state index is 14.0. The molecule has 0 aliphatic rings. The standard InChI is InChI=1S/C19H13FN2O3S/c1-11-17-13(20)5-4-6-14(17)26-18(11)19(24)25-10-12-9-16(23)22-8-3-2-7-15(22)21-12/h2-9H,10H2,1H3. The van der Waals surface area contributed by atoms with Gasteiger partial charge >= 0.3 is 5.97 Å². The first-order valence-corrected chi connectivity index (χ1v) is 8.68. The number of thiophene rings is 1. The molecule has 5 nitrogen and oxygen atoms in total. The highest BCUT2D eigenvalue weighted by molar-refractivity contribution is 7.21. The van der Waals surface area contributed by atoms with Crippen molar-refractivity contribution in [3.8, 4) is 0 Å². The van der Waals surface area contributed by atoms with Crippen LogP contribution < -0.4 is 5.56 Å². The zero-order valence-corrected chi connectivity index (χ0v) is 14.5. The average molecular weight is 368 g/mol. The van der Waals surface area contributed by atoms with E-state index < -0.39 is 5.97 Å². The minimum Gasteiger partial charge on any atom is -0.455 e. The van der Waals surface area contributed by atoms with Crippen molar-refractivity contribution >= 4 is 33.0 Å². The Morgan fingerprint density at radius 3 is 2.92 bits per heavy atom. The second-order valence-electron chi connectivity index (χ2n) is 5.76. The molecule has 0 unspecified atom stereocenters. The summed E-state index contributed by atoms with van der Waals surface area (Å²) in [6, 6.07) is 11.3. The van der Waals surface area contributed by atoms with Crippen molar-refractivity contribution in [3.63, 3.8) is 0 Å². The molecule has 0 saturated heterocycles. The average Bonchev–Trinajstić information content (AvgIpc) is 2.98. The second-order valence-corrected chi connectivity index (χ2v) is 6.81. The van der Waals surface area contributed by atoms with Crippen LogP contribution in [0.4, 0.5) is 4.39 Å². The van der Waals surface area contributed by atoms with E-state index in [0.29, 0.717) is 31.9 Å². The van der Waals surface area contributed by atoms with Gasteiger partial charge in [0.2, 0.25) is 0 Å². The number of hydrogen-bond acceptors (Lipinski definition) is 5. The Labute approximate surface area is 151 Å². The maximum Gasteiger partial charge on any atom is 0.349 e. The summed E-state index contributed by atoms with van der Waals surface area (Å²) >= 11 is 1.19. The van der Waals surface area contributed by atoms with Gasteiger partial charge in [0.15, 0.2) is 0 Å². The van der Waals surface area contributed by atoms with Gasteiger partial charge in [-0.2, -0.15) is 0 Å². The van der Waals surface area contributed by atoms with Gasteiger partial charge in [0.1, 0.15) is 22.9 Å². The Morgan fingerprint density at radius 2 is 2.12 bits per heavy atom. The zero-order chi connectivity index (χ0) is 18.3. The number of benzene rings is 1. The number of pyridine rings is 1. The van der Waals surface area contributed by atoms with Crippen molar-refractivity contribution < 1.29 is 13.9 Å². The molecular weight excluding hydrogens is 355 g/mol. The molecule has 0 amide bonds. The smallest absolute Gasteiger partial charge is 0.349 e. The van der Waals surface area contributed by atoms with Crippen LogP contribution in [0, 0.1) is 12.7 Å². The van der Waals surface area contributed by atoms with Gasteiger partial charge in [0, 0.05) is 22.3 Å². The van der Waals surface area contributed by atoms with E-state index in [1.807, 2.05) is 0 Å². The molecule has 26 heavy (non-hydrogen) atoms. The van der Waals surface area contributed by atoms with Gasteiger partial charge in [-0.05, 0) is 36.8 Å². The predicted octanol–water partition coefficient (Wildman–Crippen LogP) is 3.71. The number of aryl methyl sites for hydroxylation is 1. The van der Waals surface area contributed by atoms with Crippen LogP contribution in [0.1, 0.15) is 20.9 Å². The molecule has 1 aromatic carbocycles. The van der Waals surface area contributed by atoms with Crippen LogP contribution in [-0.4, -0.2) is 15.4 Å². The van der Waals surface area contributed by atoms with E-state index in [2.05, 4.69) is 4.98 Å². The Morgan fingerprint density at radius 1 is 1.27 bits per heavy atom. The number of nitrogens with zero attached hydrogens (tertiary/aromatic N) is 2. The van der Waals surface area contributed by atoms with Crippen LogP contribution in [0.3, 0.4) is 0 Å². The molecule has 0 bridgehead atoms. The van der Waals surface area contributed by atoms with Gasteiger partial charge < -0.3 is 4.74 Å². The number of carbonyl (C=O) groups excluding carboxylic acids is 1. The lowest BCUT2D eigenvalue weighted by Crippen LogP contribution is -2.16. The van der Waals surface area contributed by atoms with E-state index >= 15 is 0 Å². The molecule has 0 fully saturated rings. The van der Waals surface area contributed by atoms with Crippen LogP contribution in [0.25, 0.3) is 15.7 Å². The van der Waals surface area contributed by atoms with Crippen LogP contribution >= 0.6 is 11.3 Å². The second kappa shape index (κ2) is 6.34. The molecule has 0 spiro atoms. The first kappa shape index (κ1) is 16.4. The predicted molar refractivity (Wildman–Crippen MR) is 97.1 cm³/mol. The number of halogens is 1. The molecule has 3 heterocycles. The SMILES string of the molecule is Cc1c(C(=O)OCc2cc(=O)n3ccccc3n2)sc2cccc(F)c12. The Bertz CT molecular complexity index is 1210. The first-order valence-electron chi connectivity index (χ1n) is 7.86. The summed E-state index contributed by atoms with van der Waals surface area (Å²) in [7, 11) is 0. The fourth-order valence-corrected chi connectivity index (χ4v) is 3.95. The van der Waals surface area contributed by atoms with Crippen molar-refractivity contribution in [3.05, 3.63) is 81.0 Å². The summed E-state index contributed by atoms with van der Waals surface area (Å²) in [4.78, 5) is 29.1. The molecular formula is C19H13FN2O3S. The molecule has 0 radical (unpaired) electrons. The molecule has 3 aromatic heterocycles. The summed E-state index contributed by atoms with van der Waals surface area (Å²) in [5.41, 5.74) is 1.15. The third-order valence-corrected chi connectivity index (χ3v) is 5.30. The van der Waals surface area contributed by atoms with Gasteiger partial charge in [-0.3, -0.25) is 9.20 Å². The third-order valence-electron chi connectivity index (χ3n) is 4.06. The first-order chi connectivity index (χ1) is 12.5. The van der Waals surface area contributed by atoms with Crippen LogP contribution in [0.2, 0.25) is 0 Å². The largest absolute Gasteiger partial charge is 0.455 e. The highest BCUT2D eigenvalue weighted by Crippen LogP contribution is 2.33. The van der Waals surface area contributed by atoms with E-state index in [0.717, 1.165) is 0 Å². The lowest BCUT2D eigenvalue weighted by molar-refractivity contribution is 0.0473. The van der Waals surface area contributed by atoms with E-state index in [-0.39, 0.29) is 18.0 Å². The number of carbonyl (C=O) groups is 1. The zero-order valence-electron chi connectivity index (χ0n) is 13.7. The van der Waals surface area contributed by atoms with E-state index in [9.17, 15) is 14.0 Å². The Hall–Kier alpha value is -3.06. The normalized spacial score (nSPS) is 11.2. The minimum atomic E-state index is -0.557. The summed E-state index contributed by atoms with van der Waals surface area (Å²) in [6.07, 6.45) is 1.62. The van der Waals surface area contributed by atoms with Gasteiger partial charge in [0.25, 0.3) is 5.56 Å². The minimum absolute atomic E-state index is 0.129. The van der Waals surface area contributed by atoms with E-state index in [4.69, 9.17) is 4.74 Å². The van der Waals surface area contributed by atoms with Crippen molar-refractivity contribution in [1.29, 1.82) is 0 Å². The number of rotatable bonds is 3. The number of aromatic nitrogens is 2. The van der Waals surface area contributed by atoms with Crippen molar-refractivity contribution in [1.82, 2.24) is 9.38 Å². The van der Waals surface area contributed by atoms with Gasteiger partial charge in [-0.1, -0.05) is 12.1 Å². The fraction of sp³-hybridized carbons (Fsp3) is 0.105. The molecule has 0 N–H and O–H groups in total. The van der Waals surface area contributed by atoms with E-state index in [1.54, 1.807) is 43.5 Å². The van der Waals surface area contributed by atoms with Gasteiger partial charge in [-0.15, -0.1) is 11.3 Å². The molecule has 0 saturated carbocycles. The molecule has 0 atom stereocenters. The highest BCUT2D eigenvalue weighted by atomic mass is 32.1. The van der Waals surface area contributed by atoms with Gasteiger partial charge in [0.05, 0.1) is 5.69 Å². The maximum absolute atomic E-state index is 14.0. The summed E-state index contributed by atoms with van der Waals surface area (Å²) < 4.78 is 21.4. The monoisotopic (exact) mass is 368 g/mol. The quantitative estimate of drug-likeness (QED) is 0.517. The lowest BCUT2D eigenvalue weighted by atomic mass is 10.1. The van der Waals surface area contributed by atoms with Crippen LogP contribution in [0.15, 0.2) is 53.5 Å². The third kappa shape index (κ3) is 2.76. The van der Waals surface area contributed by atoms with Crippen molar-refractivity contribution in [2.45, 2.75) is 13.5 Å². The van der Waals surface area contributed by atoms with Crippen LogP contribution in [-0.2, 0) is 11.3 Å². The molecule has 0 aliphatic carbocycles. The molecule has 4 aromatic rings. The topological polar surface area (TPSA) is 60.7 Å². The lowest BCUT2D eigenvalue weighted by Gasteiger charge is -2.05. The van der Waals surface area contributed by atoms with E-state index in [1.165, 1.54) is 27.9 Å². The number of fused-ring (bicyclic) bond motifs is 2. The number of hydrogen-bond donors (Lipinski definition) is 0. The summed E-state index contributed by atoms with van der Waals surface area (Å²) in [5.74, 6) is -0.919. The Balaban J connectivity index is 1.61. The Kier molecular flexibility index (Phi) is 4.00. The number of ether oxygens (including phenoxy) is 1.